The summed E-state index contributed by atoms with van der Waals surface area (Å²) in [4.78, 5) is 24.3. The van der Waals surface area contributed by atoms with Gasteiger partial charge in [0, 0.05) is 5.56 Å². The van der Waals surface area contributed by atoms with E-state index in [4.69, 9.17) is 0 Å². The highest BCUT2D eigenvalue weighted by molar-refractivity contribution is 7.99. The standard InChI is InChI=1S/C20H18F2N4O3S/c1-12-3-8-16(13(2)9-12)26-11-23-25-20(26)30-10-17(27)24-18(28)14-4-6-15(7-5-14)29-19(21)22/h3-9,11,19H,10H2,1-2H3,(H,24,27,28). The molecule has 0 bridgehead atoms. The van der Waals surface area contributed by atoms with Crippen molar-refractivity contribution < 1.29 is 23.1 Å². The Bertz CT molecular complexity index is 1050. The maximum Gasteiger partial charge on any atom is 0.387 e. The van der Waals surface area contributed by atoms with Gasteiger partial charge in [0.1, 0.15) is 12.1 Å². The van der Waals surface area contributed by atoms with Crippen LogP contribution in [-0.4, -0.2) is 38.9 Å². The summed E-state index contributed by atoms with van der Waals surface area (Å²) in [6.07, 6.45) is 1.56. The molecule has 0 aliphatic carbocycles. The Morgan fingerprint density at radius 2 is 1.90 bits per heavy atom. The Balaban J connectivity index is 1.59. The number of carbonyl (C=O) groups is 2. The van der Waals surface area contributed by atoms with E-state index in [1.54, 1.807) is 10.9 Å². The average Bonchev–Trinajstić information content (AvgIpc) is 3.14. The lowest BCUT2D eigenvalue weighted by Gasteiger charge is -2.10. The molecule has 0 saturated heterocycles. The van der Waals surface area contributed by atoms with Crippen LogP contribution < -0.4 is 10.1 Å². The van der Waals surface area contributed by atoms with E-state index in [9.17, 15) is 18.4 Å². The SMILES string of the molecule is Cc1ccc(-n2cnnc2SCC(=O)NC(=O)c2ccc(OC(F)F)cc2)c(C)c1. The summed E-state index contributed by atoms with van der Waals surface area (Å²) in [7, 11) is 0. The second-order valence-corrected chi connectivity index (χ2v) is 7.28. The number of benzene rings is 2. The van der Waals surface area contributed by atoms with Gasteiger partial charge in [-0.15, -0.1) is 10.2 Å². The van der Waals surface area contributed by atoms with Crippen LogP contribution in [0.3, 0.4) is 0 Å². The summed E-state index contributed by atoms with van der Waals surface area (Å²) in [5.74, 6) is -1.29. The molecular weight excluding hydrogens is 414 g/mol. The summed E-state index contributed by atoms with van der Waals surface area (Å²) >= 11 is 1.14. The minimum absolute atomic E-state index is 0.0537. The summed E-state index contributed by atoms with van der Waals surface area (Å²) < 4.78 is 30.3. The van der Waals surface area contributed by atoms with Crippen molar-refractivity contribution in [3.05, 3.63) is 65.5 Å². The van der Waals surface area contributed by atoms with Crippen LogP contribution in [0.4, 0.5) is 8.78 Å². The summed E-state index contributed by atoms with van der Waals surface area (Å²) in [5.41, 5.74) is 3.21. The van der Waals surface area contributed by atoms with Gasteiger partial charge < -0.3 is 4.74 Å². The molecule has 3 rings (SSSR count). The first kappa shape index (κ1) is 21.4. The Morgan fingerprint density at radius 3 is 2.57 bits per heavy atom. The Kier molecular flexibility index (Phi) is 6.78. The topological polar surface area (TPSA) is 86.1 Å². The van der Waals surface area contributed by atoms with Crippen LogP contribution in [0.1, 0.15) is 21.5 Å². The van der Waals surface area contributed by atoms with Gasteiger partial charge in [-0.05, 0) is 49.7 Å². The minimum Gasteiger partial charge on any atom is -0.435 e. The smallest absolute Gasteiger partial charge is 0.387 e. The van der Waals surface area contributed by atoms with Crippen molar-refractivity contribution in [2.24, 2.45) is 0 Å². The van der Waals surface area contributed by atoms with Gasteiger partial charge in [0.25, 0.3) is 5.91 Å². The Morgan fingerprint density at radius 1 is 1.17 bits per heavy atom. The zero-order valence-corrected chi connectivity index (χ0v) is 17.0. The van der Waals surface area contributed by atoms with E-state index in [0.29, 0.717) is 5.16 Å². The number of imide groups is 1. The highest BCUT2D eigenvalue weighted by Gasteiger charge is 2.15. The number of rotatable bonds is 7. The van der Waals surface area contributed by atoms with Gasteiger partial charge in [-0.25, -0.2) is 0 Å². The van der Waals surface area contributed by atoms with Crippen LogP contribution in [0.15, 0.2) is 53.9 Å². The molecule has 156 valence electrons. The number of halogens is 2. The van der Waals surface area contributed by atoms with Crippen LogP contribution >= 0.6 is 11.8 Å². The third kappa shape index (κ3) is 5.41. The fourth-order valence-corrected chi connectivity index (χ4v) is 3.44. The molecule has 1 heterocycles. The van der Waals surface area contributed by atoms with Gasteiger partial charge in [0.15, 0.2) is 5.16 Å². The highest BCUT2D eigenvalue weighted by atomic mass is 32.2. The molecule has 0 atom stereocenters. The largest absolute Gasteiger partial charge is 0.435 e. The quantitative estimate of drug-likeness (QED) is 0.575. The summed E-state index contributed by atoms with van der Waals surface area (Å²) in [6, 6.07) is 11.0. The molecule has 1 N–H and O–H groups in total. The van der Waals surface area contributed by atoms with Crippen LogP contribution in [0, 0.1) is 13.8 Å². The lowest BCUT2D eigenvalue weighted by atomic mass is 10.1. The number of hydrogen-bond donors (Lipinski definition) is 1. The predicted octanol–water partition coefficient (Wildman–Crippen LogP) is 3.53. The molecule has 1 aromatic heterocycles. The molecule has 10 heteroatoms. The number of ether oxygens (including phenoxy) is 1. The van der Waals surface area contributed by atoms with E-state index < -0.39 is 18.4 Å². The molecule has 0 unspecified atom stereocenters. The van der Waals surface area contributed by atoms with Gasteiger partial charge >= 0.3 is 6.61 Å². The van der Waals surface area contributed by atoms with E-state index in [0.717, 1.165) is 28.6 Å². The summed E-state index contributed by atoms with van der Waals surface area (Å²) in [5, 5.41) is 10.7. The number of nitrogens with zero attached hydrogens (tertiary/aromatic N) is 3. The number of carbonyl (C=O) groups excluding carboxylic acids is 2. The molecule has 7 nitrogen and oxygen atoms in total. The number of thioether (sulfide) groups is 1. The zero-order chi connectivity index (χ0) is 21.7. The Hall–Kier alpha value is -3.27. The molecule has 2 aromatic carbocycles. The minimum atomic E-state index is -2.95. The second-order valence-electron chi connectivity index (χ2n) is 6.34. The fraction of sp³-hybridized carbons (Fsp3) is 0.200. The maximum atomic E-state index is 12.2. The molecule has 2 amide bonds. The maximum absolute atomic E-state index is 12.2. The number of aromatic nitrogens is 3. The zero-order valence-electron chi connectivity index (χ0n) is 16.1. The van der Waals surface area contributed by atoms with Crippen LogP contribution in [0.25, 0.3) is 5.69 Å². The highest BCUT2D eigenvalue weighted by Crippen LogP contribution is 2.22. The van der Waals surface area contributed by atoms with Gasteiger partial charge in [0.05, 0.1) is 11.4 Å². The molecule has 0 saturated carbocycles. The number of aryl methyl sites for hydroxylation is 2. The first-order valence-electron chi connectivity index (χ1n) is 8.83. The molecular formula is C20H18F2N4O3S. The Labute approximate surface area is 175 Å². The molecule has 30 heavy (non-hydrogen) atoms. The van der Waals surface area contributed by atoms with Crippen molar-refractivity contribution in [3.8, 4) is 11.4 Å². The van der Waals surface area contributed by atoms with Crippen molar-refractivity contribution in [1.29, 1.82) is 0 Å². The molecule has 0 fully saturated rings. The van der Waals surface area contributed by atoms with Crippen molar-refractivity contribution in [3.63, 3.8) is 0 Å². The van der Waals surface area contributed by atoms with Gasteiger partial charge in [0.2, 0.25) is 5.91 Å². The van der Waals surface area contributed by atoms with Crippen molar-refractivity contribution in [2.45, 2.75) is 25.6 Å². The lowest BCUT2D eigenvalue weighted by Crippen LogP contribution is -2.31. The molecule has 3 aromatic rings. The molecule has 0 aliphatic heterocycles. The van der Waals surface area contributed by atoms with E-state index in [1.807, 2.05) is 32.0 Å². The number of amides is 2. The van der Waals surface area contributed by atoms with Gasteiger partial charge in [-0.2, -0.15) is 8.78 Å². The first-order valence-corrected chi connectivity index (χ1v) is 9.81. The van der Waals surface area contributed by atoms with E-state index in [1.165, 1.54) is 24.3 Å². The lowest BCUT2D eigenvalue weighted by molar-refractivity contribution is -0.117. The van der Waals surface area contributed by atoms with Crippen LogP contribution in [-0.2, 0) is 4.79 Å². The fourth-order valence-electron chi connectivity index (χ4n) is 2.72. The second kappa shape index (κ2) is 9.49. The predicted molar refractivity (Wildman–Crippen MR) is 107 cm³/mol. The third-order valence-corrected chi connectivity index (χ3v) is 5.00. The van der Waals surface area contributed by atoms with Crippen molar-refractivity contribution >= 4 is 23.6 Å². The van der Waals surface area contributed by atoms with E-state index in [2.05, 4.69) is 20.3 Å². The number of hydrogen-bond acceptors (Lipinski definition) is 6. The van der Waals surface area contributed by atoms with E-state index >= 15 is 0 Å². The van der Waals surface area contributed by atoms with Gasteiger partial charge in [-0.3, -0.25) is 19.5 Å². The van der Waals surface area contributed by atoms with Crippen molar-refractivity contribution in [1.82, 2.24) is 20.1 Å². The first-order chi connectivity index (χ1) is 14.3. The molecule has 0 spiro atoms. The number of alkyl halides is 2. The van der Waals surface area contributed by atoms with Crippen LogP contribution in [0.5, 0.6) is 5.75 Å². The third-order valence-electron chi connectivity index (χ3n) is 4.06. The summed E-state index contributed by atoms with van der Waals surface area (Å²) in [6.45, 7) is 1.02. The number of nitrogens with one attached hydrogen (secondary N) is 1. The molecule has 0 radical (unpaired) electrons. The van der Waals surface area contributed by atoms with E-state index in [-0.39, 0.29) is 17.1 Å². The normalized spacial score (nSPS) is 10.8. The molecule has 0 aliphatic rings. The van der Waals surface area contributed by atoms with Crippen molar-refractivity contribution in [2.75, 3.05) is 5.75 Å². The van der Waals surface area contributed by atoms with Gasteiger partial charge in [-0.1, -0.05) is 29.5 Å². The average molecular weight is 432 g/mol. The monoisotopic (exact) mass is 432 g/mol. The van der Waals surface area contributed by atoms with Crippen LogP contribution in [0.2, 0.25) is 0 Å².